The molecule has 2 N–H and O–H groups in total. The number of urea groups is 1. The molecule has 0 bridgehead atoms. The number of hydrogen-bond donors (Lipinski definition) is 2. The van der Waals surface area contributed by atoms with Crippen molar-refractivity contribution in [1.29, 1.82) is 0 Å². The molecule has 0 aliphatic rings. The molecule has 0 fully saturated rings. The third-order valence-electron chi connectivity index (χ3n) is 5.54. The summed E-state index contributed by atoms with van der Waals surface area (Å²) in [6, 6.07) is 11.9. The van der Waals surface area contributed by atoms with Crippen LogP contribution >= 0.6 is 0 Å². The SMILES string of the molecule is CCOC(Cc1ccc(OCCN(CCCCCC(C)(F)F)C(=O)Nc2ccc(F)cc2)cc1)C(=O)O. The number of nitrogens with one attached hydrogen (secondary N) is 1. The Kier molecular flexibility index (Phi) is 12.2. The van der Waals surface area contributed by atoms with Crippen LogP contribution in [0.2, 0.25) is 0 Å². The van der Waals surface area contributed by atoms with Crippen molar-refractivity contribution in [3.8, 4) is 5.75 Å². The standard InChI is InChI=1S/C27H35F3N2O5/c1-3-36-24(25(33)34)19-20-7-13-23(14-8-20)37-18-17-32(16-6-4-5-15-27(2,29)30)26(35)31-22-11-9-21(28)10-12-22/h7-14,24H,3-6,15-19H2,1-2H3,(H,31,35)(H,33,34). The number of amides is 2. The molecule has 204 valence electrons. The van der Waals surface area contributed by atoms with Crippen molar-refractivity contribution in [1.82, 2.24) is 4.90 Å². The lowest BCUT2D eigenvalue weighted by atomic mass is 10.1. The summed E-state index contributed by atoms with van der Waals surface area (Å²) in [5.74, 6) is -3.60. The fraction of sp³-hybridized carbons (Fsp3) is 0.481. The van der Waals surface area contributed by atoms with Gasteiger partial charge in [0.2, 0.25) is 5.92 Å². The molecule has 1 atom stereocenters. The number of alkyl halides is 2. The fourth-order valence-electron chi connectivity index (χ4n) is 3.59. The molecule has 0 spiro atoms. The largest absolute Gasteiger partial charge is 0.492 e. The maximum absolute atomic E-state index is 13.2. The van der Waals surface area contributed by atoms with Gasteiger partial charge in [-0.25, -0.2) is 22.8 Å². The predicted molar refractivity (Wildman–Crippen MR) is 135 cm³/mol. The molecular formula is C27H35F3N2O5. The average Bonchev–Trinajstić information content (AvgIpc) is 2.84. The number of unbranched alkanes of at least 4 members (excludes halogenated alkanes) is 2. The number of carbonyl (C=O) groups excluding carboxylic acids is 1. The Morgan fingerprint density at radius 2 is 1.70 bits per heavy atom. The number of benzene rings is 2. The number of halogens is 3. The van der Waals surface area contributed by atoms with E-state index in [9.17, 15) is 27.9 Å². The molecule has 0 heterocycles. The number of carbonyl (C=O) groups is 2. The molecule has 1 unspecified atom stereocenters. The zero-order valence-electron chi connectivity index (χ0n) is 21.2. The van der Waals surface area contributed by atoms with Crippen molar-refractivity contribution in [2.24, 2.45) is 0 Å². The molecule has 7 nitrogen and oxygen atoms in total. The molecule has 0 aliphatic carbocycles. The average molecular weight is 525 g/mol. The van der Waals surface area contributed by atoms with Gasteiger partial charge in [-0.2, -0.15) is 0 Å². The highest BCUT2D eigenvalue weighted by atomic mass is 19.3. The summed E-state index contributed by atoms with van der Waals surface area (Å²) in [5.41, 5.74) is 1.22. The van der Waals surface area contributed by atoms with E-state index in [2.05, 4.69) is 5.32 Å². The van der Waals surface area contributed by atoms with Crippen LogP contribution in [0.25, 0.3) is 0 Å². The molecule has 2 amide bonds. The van der Waals surface area contributed by atoms with Gasteiger partial charge in [-0.05, 0) is 68.7 Å². The Morgan fingerprint density at radius 1 is 1.03 bits per heavy atom. The van der Waals surface area contributed by atoms with E-state index in [4.69, 9.17) is 9.47 Å². The lowest BCUT2D eigenvalue weighted by Gasteiger charge is -2.23. The van der Waals surface area contributed by atoms with Gasteiger partial charge in [0.25, 0.3) is 0 Å². The molecule has 10 heteroatoms. The van der Waals surface area contributed by atoms with Gasteiger partial charge >= 0.3 is 12.0 Å². The van der Waals surface area contributed by atoms with Crippen molar-refractivity contribution in [3.05, 3.63) is 59.9 Å². The number of hydrogen-bond acceptors (Lipinski definition) is 4. The van der Waals surface area contributed by atoms with E-state index in [0.29, 0.717) is 43.9 Å². The number of rotatable bonds is 16. The van der Waals surface area contributed by atoms with E-state index in [1.165, 1.54) is 29.2 Å². The van der Waals surface area contributed by atoms with E-state index in [1.54, 1.807) is 31.2 Å². The smallest absolute Gasteiger partial charge is 0.333 e. The molecule has 0 saturated carbocycles. The molecular weight excluding hydrogens is 489 g/mol. The zero-order valence-corrected chi connectivity index (χ0v) is 21.2. The number of ether oxygens (including phenoxy) is 2. The highest BCUT2D eigenvalue weighted by Crippen LogP contribution is 2.20. The number of anilines is 1. The molecule has 2 aromatic carbocycles. The third-order valence-corrected chi connectivity index (χ3v) is 5.54. The first kappa shape index (κ1) is 30.0. The van der Waals surface area contributed by atoms with E-state index in [-0.39, 0.29) is 26.0 Å². The summed E-state index contributed by atoms with van der Waals surface area (Å²) >= 11 is 0. The maximum atomic E-state index is 13.2. The number of nitrogens with zero attached hydrogens (tertiary/aromatic N) is 1. The number of aliphatic carboxylic acids is 1. The van der Waals surface area contributed by atoms with Gasteiger partial charge in [0.1, 0.15) is 18.2 Å². The summed E-state index contributed by atoms with van der Waals surface area (Å²) in [4.78, 5) is 25.6. The summed E-state index contributed by atoms with van der Waals surface area (Å²) in [6.07, 6.45) is 0.549. The van der Waals surface area contributed by atoms with Crippen LogP contribution < -0.4 is 10.1 Å². The second-order valence-electron chi connectivity index (χ2n) is 8.78. The monoisotopic (exact) mass is 524 g/mol. The van der Waals surface area contributed by atoms with Crippen LogP contribution in [0, 0.1) is 5.82 Å². The second-order valence-corrected chi connectivity index (χ2v) is 8.78. The first-order valence-electron chi connectivity index (χ1n) is 12.3. The van der Waals surface area contributed by atoms with Crippen LogP contribution in [0.1, 0.15) is 45.1 Å². The van der Waals surface area contributed by atoms with Crippen LogP contribution in [0.4, 0.5) is 23.7 Å². The van der Waals surface area contributed by atoms with Crippen LogP contribution in [0.3, 0.4) is 0 Å². The van der Waals surface area contributed by atoms with Gasteiger partial charge in [-0.3, -0.25) is 0 Å². The highest BCUT2D eigenvalue weighted by molar-refractivity contribution is 5.89. The van der Waals surface area contributed by atoms with Crippen LogP contribution in [0.5, 0.6) is 5.75 Å². The maximum Gasteiger partial charge on any atom is 0.333 e. The number of carboxylic acid groups (broad SMARTS) is 1. The van der Waals surface area contributed by atoms with Gasteiger partial charge in [0.15, 0.2) is 6.10 Å². The Morgan fingerprint density at radius 3 is 2.30 bits per heavy atom. The Balaban J connectivity index is 1.90. The Bertz CT molecular complexity index is 966. The lowest BCUT2D eigenvalue weighted by molar-refractivity contribution is -0.149. The summed E-state index contributed by atoms with van der Waals surface area (Å²) in [5, 5.41) is 11.9. The van der Waals surface area contributed by atoms with Gasteiger partial charge in [0.05, 0.1) is 6.54 Å². The van der Waals surface area contributed by atoms with Crippen molar-refractivity contribution in [3.63, 3.8) is 0 Å². The van der Waals surface area contributed by atoms with Crippen molar-refractivity contribution in [2.45, 2.75) is 58.0 Å². The normalized spacial score (nSPS) is 12.1. The fourth-order valence-corrected chi connectivity index (χ4v) is 3.59. The van der Waals surface area contributed by atoms with Gasteiger partial charge in [-0.1, -0.05) is 18.6 Å². The first-order chi connectivity index (χ1) is 17.6. The minimum absolute atomic E-state index is 0.180. The van der Waals surface area contributed by atoms with E-state index in [0.717, 1.165) is 12.5 Å². The Labute approximate surface area is 215 Å². The van der Waals surface area contributed by atoms with Crippen LogP contribution in [0.15, 0.2) is 48.5 Å². The van der Waals surface area contributed by atoms with E-state index >= 15 is 0 Å². The third kappa shape index (κ3) is 12.0. The molecule has 0 aromatic heterocycles. The zero-order chi connectivity index (χ0) is 27.3. The van der Waals surface area contributed by atoms with E-state index in [1.807, 2.05) is 0 Å². The topological polar surface area (TPSA) is 88.1 Å². The van der Waals surface area contributed by atoms with Gasteiger partial charge in [0, 0.05) is 31.7 Å². The quantitative estimate of drug-likeness (QED) is 0.264. The van der Waals surface area contributed by atoms with Crippen molar-refractivity contribution in [2.75, 3.05) is 31.6 Å². The molecule has 2 aromatic rings. The van der Waals surface area contributed by atoms with Gasteiger partial charge in [-0.15, -0.1) is 0 Å². The highest BCUT2D eigenvalue weighted by Gasteiger charge is 2.20. The van der Waals surface area contributed by atoms with Crippen LogP contribution in [-0.4, -0.2) is 60.3 Å². The van der Waals surface area contributed by atoms with Crippen LogP contribution in [-0.2, 0) is 16.0 Å². The summed E-state index contributed by atoms with van der Waals surface area (Å²) < 4.78 is 50.2. The minimum Gasteiger partial charge on any atom is -0.492 e. The molecule has 0 radical (unpaired) electrons. The predicted octanol–water partition coefficient (Wildman–Crippen LogP) is 5.99. The lowest BCUT2D eigenvalue weighted by Crippen LogP contribution is -2.38. The Hall–Kier alpha value is -3.27. The van der Waals surface area contributed by atoms with Crippen molar-refractivity contribution < 1.29 is 37.3 Å². The summed E-state index contributed by atoms with van der Waals surface area (Å²) in [7, 11) is 0. The summed E-state index contributed by atoms with van der Waals surface area (Å²) in [6.45, 7) is 3.69. The number of carboxylic acids is 1. The second kappa shape index (κ2) is 15.1. The molecule has 37 heavy (non-hydrogen) atoms. The minimum atomic E-state index is -2.71. The van der Waals surface area contributed by atoms with E-state index < -0.39 is 29.8 Å². The first-order valence-corrected chi connectivity index (χ1v) is 12.3. The molecule has 0 aliphatic heterocycles. The molecule has 0 saturated heterocycles. The molecule has 2 rings (SSSR count). The van der Waals surface area contributed by atoms with Crippen molar-refractivity contribution >= 4 is 17.7 Å². The van der Waals surface area contributed by atoms with Gasteiger partial charge < -0.3 is 24.8 Å².